The van der Waals surface area contributed by atoms with Gasteiger partial charge in [0.1, 0.15) is 0 Å². The summed E-state index contributed by atoms with van der Waals surface area (Å²) in [5.41, 5.74) is -5.69. The van der Waals surface area contributed by atoms with Gasteiger partial charge in [0.15, 0.2) is 11.5 Å². The third kappa shape index (κ3) is 2.33. The molecule has 2 aliphatic heterocycles. The number of rotatable bonds is 7. The number of carbonyl (C=O) groups is 4. The Labute approximate surface area is 154 Å². The fraction of sp³-hybridized carbons (Fsp3) is 0.368. The number of hydrogen-bond acceptors (Lipinski definition) is 5. The SMILES string of the molecule is CCCCCC(=O)C1=CC(C(=O)O)(C(=O)O)N2C(=O)c3ccccc3C12O. The molecule has 0 saturated carbocycles. The van der Waals surface area contributed by atoms with Gasteiger partial charge in [-0.2, -0.15) is 0 Å². The highest BCUT2D eigenvalue weighted by atomic mass is 16.4. The summed E-state index contributed by atoms with van der Waals surface area (Å²) in [5.74, 6) is -5.24. The fourth-order valence-electron chi connectivity index (χ4n) is 3.77. The Morgan fingerprint density at radius 2 is 1.70 bits per heavy atom. The quantitative estimate of drug-likeness (QED) is 0.484. The Morgan fingerprint density at radius 3 is 2.30 bits per heavy atom. The third-order valence-corrected chi connectivity index (χ3v) is 5.10. The van der Waals surface area contributed by atoms with Crippen molar-refractivity contribution in [1.82, 2.24) is 4.90 Å². The number of hydrogen-bond donors (Lipinski definition) is 3. The molecule has 1 unspecified atom stereocenters. The number of carboxylic acids is 2. The van der Waals surface area contributed by atoms with E-state index < -0.39 is 34.9 Å². The zero-order chi connectivity index (χ0) is 20.0. The Hall–Kier alpha value is -3.00. The van der Waals surface area contributed by atoms with E-state index in [4.69, 9.17) is 0 Å². The molecule has 1 atom stereocenters. The zero-order valence-electron chi connectivity index (χ0n) is 14.6. The second-order valence-corrected chi connectivity index (χ2v) is 6.67. The number of nitrogens with zero attached hydrogens (tertiary/aromatic N) is 1. The molecule has 142 valence electrons. The molecule has 0 spiro atoms. The molecule has 0 bridgehead atoms. The maximum absolute atomic E-state index is 12.8. The molecule has 0 fully saturated rings. The number of Topliss-reactive ketones (excluding diaryl/α,β-unsaturated/α-hetero) is 1. The van der Waals surface area contributed by atoms with Crippen molar-refractivity contribution < 1.29 is 34.5 Å². The van der Waals surface area contributed by atoms with Gasteiger partial charge in [0.2, 0.25) is 0 Å². The second-order valence-electron chi connectivity index (χ2n) is 6.67. The van der Waals surface area contributed by atoms with E-state index >= 15 is 0 Å². The highest BCUT2D eigenvalue weighted by molar-refractivity contribution is 6.17. The lowest BCUT2D eigenvalue weighted by molar-refractivity contribution is -0.171. The van der Waals surface area contributed by atoms with Crippen molar-refractivity contribution in [3.63, 3.8) is 0 Å². The molecule has 0 aromatic heterocycles. The van der Waals surface area contributed by atoms with Crippen LogP contribution >= 0.6 is 0 Å². The molecule has 1 aromatic carbocycles. The fourth-order valence-corrected chi connectivity index (χ4v) is 3.77. The highest BCUT2D eigenvalue weighted by Gasteiger charge is 2.70. The van der Waals surface area contributed by atoms with E-state index in [1.54, 1.807) is 0 Å². The van der Waals surface area contributed by atoms with Crippen molar-refractivity contribution in [2.75, 3.05) is 0 Å². The topological polar surface area (TPSA) is 132 Å². The number of aliphatic hydroxyl groups is 1. The summed E-state index contributed by atoms with van der Waals surface area (Å²) >= 11 is 0. The summed E-state index contributed by atoms with van der Waals surface area (Å²) in [5, 5.41) is 30.7. The summed E-state index contributed by atoms with van der Waals surface area (Å²) in [7, 11) is 0. The van der Waals surface area contributed by atoms with Crippen LogP contribution < -0.4 is 0 Å². The number of carbonyl (C=O) groups excluding carboxylic acids is 2. The summed E-state index contributed by atoms with van der Waals surface area (Å²) in [6.45, 7) is 1.94. The van der Waals surface area contributed by atoms with Crippen LogP contribution in [0, 0.1) is 0 Å². The predicted molar refractivity (Wildman–Crippen MR) is 91.7 cm³/mol. The van der Waals surface area contributed by atoms with E-state index in [0.29, 0.717) is 17.4 Å². The number of fused-ring (bicyclic) bond motifs is 3. The predicted octanol–water partition coefficient (Wildman–Crippen LogP) is 1.28. The van der Waals surface area contributed by atoms with E-state index in [-0.39, 0.29) is 23.1 Å². The van der Waals surface area contributed by atoms with E-state index in [2.05, 4.69) is 0 Å². The first-order chi connectivity index (χ1) is 12.7. The van der Waals surface area contributed by atoms with Crippen LogP contribution in [0.15, 0.2) is 35.9 Å². The highest BCUT2D eigenvalue weighted by Crippen LogP contribution is 2.52. The summed E-state index contributed by atoms with van der Waals surface area (Å²) < 4.78 is 0. The number of amides is 1. The summed E-state index contributed by atoms with van der Waals surface area (Å²) in [6.07, 6.45) is 2.82. The Morgan fingerprint density at radius 1 is 1.07 bits per heavy atom. The minimum absolute atomic E-state index is 0.00877. The molecule has 8 nitrogen and oxygen atoms in total. The molecular weight excluding hydrogens is 354 g/mol. The number of ketones is 1. The van der Waals surface area contributed by atoms with E-state index in [1.807, 2.05) is 6.92 Å². The van der Waals surface area contributed by atoms with Gasteiger partial charge in [-0.15, -0.1) is 0 Å². The third-order valence-electron chi connectivity index (χ3n) is 5.10. The van der Waals surface area contributed by atoms with Crippen LogP contribution in [-0.2, 0) is 20.1 Å². The van der Waals surface area contributed by atoms with Crippen LogP contribution in [0.4, 0.5) is 0 Å². The maximum atomic E-state index is 12.8. The lowest BCUT2D eigenvalue weighted by atomic mass is 9.90. The smallest absolute Gasteiger partial charge is 0.345 e. The monoisotopic (exact) mass is 373 g/mol. The molecule has 2 heterocycles. The molecule has 0 radical (unpaired) electrons. The van der Waals surface area contributed by atoms with E-state index in [1.165, 1.54) is 24.3 Å². The van der Waals surface area contributed by atoms with Crippen LogP contribution in [0.25, 0.3) is 0 Å². The van der Waals surface area contributed by atoms with Gasteiger partial charge >= 0.3 is 11.9 Å². The van der Waals surface area contributed by atoms with Crippen molar-refractivity contribution in [3.8, 4) is 0 Å². The molecular formula is C19H19NO7. The maximum Gasteiger partial charge on any atom is 0.345 e. The van der Waals surface area contributed by atoms with Gasteiger partial charge in [0, 0.05) is 17.5 Å². The van der Waals surface area contributed by atoms with Crippen molar-refractivity contribution in [3.05, 3.63) is 47.0 Å². The molecule has 3 N–H and O–H groups in total. The minimum Gasteiger partial charge on any atom is -0.479 e. The number of carboxylic acid groups (broad SMARTS) is 2. The second kappa shape index (κ2) is 6.31. The summed E-state index contributed by atoms with van der Waals surface area (Å²) in [4.78, 5) is 49.9. The lowest BCUT2D eigenvalue weighted by Crippen LogP contribution is -2.61. The van der Waals surface area contributed by atoms with Gasteiger partial charge < -0.3 is 15.3 Å². The van der Waals surface area contributed by atoms with Gasteiger partial charge in [0.05, 0.1) is 5.57 Å². The summed E-state index contributed by atoms with van der Waals surface area (Å²) in [6, 6.07) is 5.79. The average Bonchev–Trinajstić information content (AvgIpc) is 3.04. The van der Waals surface area contributed by atoms with Crippen LogP contribution in [-0.4, -0.2) is 49.4 Å². The van der Waals surface area contributed by atoms with Crippen molar-refractivity contribution in [1.29, 1.82) is 0 Å². The van der Waals surface area contributed by atoms with Crippen molar-refractivity contribution in [2.24, 2.45) is 0 Å². The largest absolute Gasteiger partial charge is 0.479 e. The minimum atomic E-state index is -2.86. The zero-order valence-corrected chi connectivity index (χ0v) is 14.6. The van der Waals surface area contributed by atoms with Gasteiger partial charge in [-0.25, -0.2) is 9.59 Å². The van der Waals surface area contributed by atoms with Gasteiger partial charge in [-0.05, 0) is 18.6 Å². The normalized spacial score (nSPS) is 22.2. The van der Waals surface area contributed by atoms with Crippen LogP contribution in [0.2, 0.25) is 0 Å². The van der Waals surface area contributed by atoms with E-state index in [0.717, 1.165) is 12.8 Å². The van der Waals surface area contributed by atoms with Crippen LogP contribution in [0.5, 0.6) is 0 Å². The van der Waals surface area contributed by atoms with E-state index in [9.17, 15) is 34.5 Å². The molecule has 1 aromatic rings. The molecule has 3 rings (SSSR count). The molecule has 2 aliphatic rings. The van der Waals surface area contributed by atoms with Gasteiger partial charge in [-0.1, -0.05) is 38.0 Å². The van der Waals surface area contributed by atoms with Crippen molar-refractivity contribution >= 4 is 23.6 Å². The number of aliphatic carboxylic acids is 2. The number of benzene rings is 1. The molecule has 1 amide bonds. The Bertz CT molecular complexity index is 874. The molecule has 8 heteroatoms. The first-order valence-corrected chi connectivity index (χ1v) is 8.62. The average molecular weight is 373 g/mol. The Balaban J connectivity index is 2.22. The van der Waals surface area contributed by atoms with Crippen LogP contribution in [0.1, 0.15) is 48.5 Å². The first kappa shape index (κ1) is 18.8. The molecule has 0 aliphatic carbocycles. The molecule has 27 heavy (non-hydrogen) atoms. The lowest BCUT2D eigenvalue weighted by Gasteiger charge is -2.36. The van der Waals surface area contributed by atoms with Crippen LogP contribution in [0.3, 0.4) is 0 Å². The molecule has 0 saturated heterocycles. The van der Waals surface area contributed by atoms with Crippen molar-refractivity contribution in [2.45, 2.75) is 43.9 Å². The number of unbranched alkanes of at least 4 members (excludes halogenated alkanes) is 2. The van der Waals surface area contributed by atoms with Gasteiger partial charge in [-0.3, -0.25) is 14.5 Å². The van der Waals surface area contributed by atoms with Gasteiger partial charge in [0.25, 0.3) is 11.4 Å². The standard InChI is InChI=1S/C19H19NO7/c1-2-3-4-9-14(21)13-10-18(16(23)24,17(25)26)20-15(22)11-7-5-6-8-12(11)19(13,20)27/h5-8,10,27H,2-4,9H2,1H3,(H,23,24)(H,25,26). The Kier molecular flexibility index (Phi) is 4.39. The first-order valence-electron chi connectivity index (χ1n) is 8.62.